The van der Waals surface area contributed by atoms with Crippen molar-refractivity contribution in [3.05, 3.63) is 34.4 Å². The minimum atomic E-state index is -0.380. The average Bonchev–Trinajstić information content (AvgIpc) is 2.48. The predicted octanol–water partition coefficient (Wildman–Crippen LogP) is 0.459. The molecule has 0 aliphatic carbocycles. The third kappa shape index (κ3) is 3.45. The summed E-state index contributed by atoms with van der Waals surface area (Å²) < 4.78 is 0. The van der Waals surface area contributed by atoms with Crippen molar-refractivity contribution in [1.29, 1.82) is 5.26 Å². The highest BCUT2D eigenvalue weighted by atomic mass is 16.6. The quantitative estimate of drug-likeness (QED) is 0.640. The van der Waals surface area contributed by atoms with Gasteiger partial charge in [0.05, 0.1) is 49.6 Å². The topological polar surface area (TPSA) is 74.6 Å². The summed E-state index contributed by atoms with van der Waals surface area (Å²) >= 11 is 0. The molecule has 20 heavy (non-hydrogen) atoms. The Morgan fingerprint density at radius 2 is 2.00 bits per heavy atom. The molecule has 0 bridgehead atoms. The summed E-state index contributed by atoms with van der Waals surface area (Å²) in [6.07, 6.45) is 0. The lowest BCUT2D eigenvalue weighted by Crippen LogP contribution is -3.15. The summed E-state index contributed by atoms with van der Waals surface area (Å²) in [7, 11) is 0. The van der Waals surface area contributed by atoms with Gasteiger partial charge >= 0.3 is 0 Å². The summed E-state index contributed by atoms with van der Waals surface area (Å²) in [6, 6.07) is 8.98. The van der Waals surface area contributed by atoms with Crippen LogP contribution < -0.4 is 9.80 Å². The van der Waals surface area contributed by atoms with Gasteiger partial charge in [0.2, 0.25) is 0 Å². The van der Waals surface area contributed by atoms with Crippen LogP contribution in [0.1, 0.15) is 6.92 Å². The van der Waals surface area contributed by atoms with E-state index in [1.165, 1.54) is 4.90 Å². The van der Waals surface area contributed by atoms with Gasteiger partial charge in [-0.05, 0) is 19.1 Å². The van der Waals surface area contributed by atoms with E-state index in [1.54, 1.807) is 24.3 Å². The van der Waals surface area contributed by atoms with Crippen molar-refractivity contribution in [2.24, 2.45) is 5.92 Å². The van der Waals surface area contributed by atoms with Crippen molar-refractivity contribution in [2.75, 3.05) is 37.6 Å². The van der Waals surface area contributed by atoms with E-state index < -0.39 is 0 Å². The molecule has 1 aliphatic heterocycles. The van der Waals surface area contributed by atoms with Gasteiger partial charge < -0.3 is 9.80 Å². The number of nitriles is 1. The van der Waals surface area contributed by atoms with Crippen LogP contribution in [-0.2, 0) is 0 Å². The highest BCUT2D eigenvalue weighted by Crippen LogP contribution is 2.19. The van der Waals surface area contributed by atoms with Gasteiger partial charge in [0.1, 0.15) is 0 Å². The van der Waals surface area contributed by atoms with Gasteiger partial charge in [-0.15, -0.1) is 0 Å². The van der Waals surface area contributed by atoms with E-state index in [-0.39, 0.29) is 16.5 Å². The Hall–Kier alpha value is -2.13. The third-order valence-electron chi connectivity index (χ3n) is 3.71. The van der Waals surface area contributed by atoms with Crippen LogP contribution in [0.25, 0.3) is 0 Å². The molecule has 1 aromatic rings. The second-order valence-corrected chi connectivity index (χ2v) is 5.24. The summed E-state index contributed by atoms with van der Waals surface area (Å²) in [4.78, 5) is 13.9. The van der Waals surface area contributed by atoms with Crippen LogP contribution in [-0.4, -0.2) is 37.6 Å². The van der Waals surface area contributed by atoms with Crippen molar-refractivity contribution in [3.8, 4) is 6.07 Å². The summed E-state index contributed by atoms with van der Waals surface area (Å²) in [5.74, 6) is 0.0934. The fourth-order valence-electron chi connectivity index (χ4n) is 2.55. The van der Waals surface area contributed by atoms with Gasteiger partial charge in [-0.2, -0.15) is 5.26 Å². The van der Waals surface area contributed by atoms with E-state index in [0.29, 0.717) is 0 Å². The zero-order chi connectivity index (χ0) is 14.5. The lowest BCUT2D eigenvalue weighted by Gasteiger charge is -2.34. The van der Waals surface area contributed by atoms with E-state index in [0.717, 1.165) is 38.4 Å². The predicted molar refractivity (Wildman–Crippen MR) is 75.7 cm³/mol. The van der Waals surface area contributed by atoms with E-state index in [2.05, 4.69) is 11.0 Å². The molecule has 1 atom stereocenters. The van der Waals surface area contributed by atoms with E-state index >= 15 is 0 Å². The SMILES string of the molecule is C[C@H](C#N)C[NH+]1CCN(c2ccc([N+](=O)[O-])cc2)CC1. The minimum Gasteiger partial charge on any atom is -0.360 e. The van der Waals surface area contributed by atoms with Gasteiger partial charge in [-0.1, -0.05) is 0 Å². The van der Waals surface area contributed by atoms with Gasteiger partial charge in [0.15, 0.2) is 0 Å². The molecule has 6 nitrogen and oxygen atoms in total. The number of hydrogen-bond donors (Lipinski definition) is 1. The van der Waals surface area contributed by atoms with Crippen LogP contribution in [0, 0.1) is 27.4 Å². The lowest BCUT2D eigenvalue weighted by atomic mass is 10.1. The number of nitro benzene ring substituents is 1. The van der Waals surface area contributed by atoms with Crippen LogP contribution >= 0.6 is 0 Å². The molecule has 0 saturated carbocycles. The molecule has 1 heterocycles. The fraction of sp³-hybridized carbons (Fsp3) is 0.500. The monoisotopic (exact) mass is 275 g/mol. The molecule has 0 radical (unpaired) electrons. The van der Waals surface area contributed by atoms with Crippen molar-refractivity contribution < 1.29 is 9.82 Å². The average molecular weight is 275 g/mol. The van der Waals surface area contributed by atoms with Gasteiger partial charge in [0, 0.05) is 17.8 Å². The molecule has 0 unspecified atom stereocenters. The number of nitrogens with zero attached hydrogens (tertiary/aromatic N) is 3. The van der Waals surface area contributed by atoms with Crippen molar-refractivity contribution in [3.63, 3.8) is 0 Å². The molecule has 1 aromatic carbocycles. The number of nitro groups is 1. The summed E-state index contributed by atoms with van der Waals surface area (Å²) in [6.45, 7) is 6.70. The molecule has 1 saturated heterocycles. The Kier molecular flexibility index (Phi) is 4.53. The highest BCUT2D eigenvalue weighted by molar-refractivity contribution is 5.50. The molecule has 2 rings (SSSR count). The maximum Gasteiger partial charge on any atom is 0.269 e. The van der Waals surface area contributed by atoms with Crippen LogP contribution in [0.3, 0.4) is 0 Å². The first-order valence-electron chi connectivity index (χ1n) is 6.82. The Balaban J connectivity index is 1.90. The Morgan fingerprint density at radius 3 is 2.50 bits per heavy atom. The Labute approximate surface area is 118 Å². The number of hydrogen-bond acceptors (Lipinski definition) is 4. The van der Waals surface area contributed by atoms with Crippen molar-refractivity contribution >= 4 is 11.4 Å². The summed E-state index contributed by atoms with van der Waals surface area (Å²) in [5.41, 5.74) is 1.16. The number of nitrogens with one attached hydrogen (secondary N) is 1. The number of anilines is 1. The minimum absolute atomic E-state index is 0.0934. The maximum atomic E-state index is 10.6. The molecular formula is C14H19N4O2+. The van der Waals surface area contributed by atoms with Crippen LogP contribution in [0.4, 0.5) is 11.4 Å². The van der Waals surface area contributed by atoms with E-state index in [4.69, 9.17) is 5.26 Å². The maximum absolute atomic E-state index is 10.6. The molecule has 1 aliphatic rings. The molecule has 0 spiro atoms. The summed E-state index contributed by atoms with van der Waals surface area (Å²) in [5, 5.41) is 19.5. The van der Waals surface area contributed by atoms with Gasteiger partial charge in [-0.25, -0.2) is 0 Å². The van der Waals surface area contributed by atoms with Crippen molar-refractivity contribution in [2.45, 2.75) is 6.92 Å². The largest absolute Gasteiger partial charge is 0.360 e. The molecule has 0 aromatic heterocycles. The van der Waals surface area contributed by atoms with Crippen molar-refractivity contribution in [1.82, 2.24) is 0 Å². The van der Waals surface area contributed by atoms with Crippen LogP contribution in [0.5, 0.6) is 0 Å². The number of benzene rings is 1. The Bertz CT molecular complexity index is 501. The van der Waals surface area contributed by atoms with E-state index in [9.17, 15) is 10.1 Å². The fourth-order valence-corrected chi connectivity index (χ4v) is 2.55. The zero-order valence-electron chi connectivity index (χ0n) is 11.6. The molecule has 1 fully saturated rings. The number of rotatable bonds is 4. The standard InChI is InChI=1S/C14H18N4O2/c1-12(10-15)11-16-6-8-17(9-7-16)13-2-4-14(5-3-13)18(19)20/h2-5,12H,6-9,11H2,1H3/p+1/t12-/m1/s1. The van der Waals surface area contributed by atoms with Crippen LogP contribution in [0.15, 0.2) is 24.3 Å². The first-order chi connectivity index (χ1) is 9.60. The van der Waals surface area contributed by atoms with Gasteiger partial charge in [-0.3, -0.25) is 10.1 Å². The van der Waals surface area contributed by atoms with Gasteiger partial charge in [0.25, 0.3) is 5.69 Å². The molecule has 0 amide bonds. The second-order valence-electron chi connectivity index (χ2n) is 5.24. The Morgan fingerprint density at radius 1 is 1.40 bits per heavy atom. The zero-order valence-corrected chi connectivity index (χ0v) is 11.6. The highest BCUT2D eigenvalue weighted by Gasteiger charge is 2.22. The van der Waals surface area contributed by atoms with E-state index in [1.807, 2.05) is 6.92 Å². The molecule has 1 N–H and O–H groups in total. The lowest BCUT2D eigenvalue weighted by molar-refractivity contribution is -0.902. The second kappa shape index (κ2) is 6.35. The number of piperazine rings is 1. The molecule has 6 heteroatoms. The third-order valence-corrected chi connectivity index (χ3v) is 3.71. The first-order valence-corrected chi connectivity index (χ1v) is 6.82. The smallest absolute Gasteiger partial charge is 0.269 e. The normalized spacial score (nSPS) is 17.5. The number of quaternary nitrogens is 1. The molecule has 106 valence electrons. The molecular weight excluding hydrogens is 256 g/mol. The van der Waals surface area contributed by atoms with Crippen LogP contribution in [0.2, 0.25) is 0 Å². The first kappa shape index (κ1) is 14.3. The number of non-ortho nitro benzene ring substituents is 1.